The van der Waals surface area contributed by atoms with Crippen LogP contribution in [0.2, 0.25) is 0 Å². The van der Waals surface area contributed by atoms with E-state index in [4.69, 9.17) is 4.74 Å². The second kappa shape index (κ2) is 8.21. The summed E-state index contributed by atoms with van der Waals surface area (Å²) in [5, 5.41) is 0. The zero-order valence-corrected chi connectivity index (χ0v) is 13.2. The predicted molar refractivity (Wildman–Crippen MR) is 83.2 cm³/mol. The van der Waals surface area contributed by atoms with Gasteiger partial charge in [-0.1, -0.05) is 39.8 Å². The number of ether oxygens (including phenoxy) is 1. The number of nitrogens with zero attached hydrogens (tertiary/aromatic N) is 1. The molecule has 19 heavy (non-hydrogen) atoms. The van der Waals surface area contributed by atoms with Gasteiger partial charge in [-0.25, -0.2) is 0 Å². The molecule has 0 amide bonds. The molecule has 0 aliphatic carbocycles. The van der Waals surface area contributed by atoms with Crippen LogP contribution in [0.4, 0.5) is 0 Å². The van der Waals surface area contributed by atoms with Crippen LogP contribution in [0, 0.1) is 6.92 Å². The molecular weight excluding hydrogens is 234 g/mol. The third-order valence-electron chi connectivity index (χ3n) is 3.65. The fourth-order valence-corrected chi connectivity index (χ4v) is 2.14. The van der Waals surface area contributed by atoms with Gasteiger partial charge < -0.3 is 9.64 Å². The maximum absolute atomic E-state index is 5.94. The molecule has 0 radical (unpaired) electrons. The molecule has 0 bridgehead atoms. The second-order valence-corrected chi connectivity index (χ2v) is 5.41. The Bertz CT molecular complexity index is 370. The van der Waals surface area contributed by atoms with Gasteiger partial charge in [-0.15, -0.1) is 0 Å². The molecule has 108 valence electrons. The van der Waals surface area contributed by atoms with Crippen molar-refractivity contribution in [3.05, 3.63) is 29.3 Å². The molecule has 0 N–H and O–H groups in total. The normalized spacial score (nSPS) is 11.3. The average molecular weight is 263 g/mol. The molecule has 2 heteroatoms. The van der Waals surface area contributed by atoms with Crippen LogP contribution in [0.1, 0.15) is 51.2 Å². The van der Waals surface area contributed by atoms with Crippen molar-refractivity contribution in [2.24, 2.45) is 0 Å². The Labute approximate surface area is 118 Å². The van der Waals surface area contributed by atoms with Gasteiger partial charge in [0, 0.05) is 6.54 Å². The molecule has 2 nitrogen and oxygen atoms in total. The summed E-state index contributed by atoms with van der Waals surface area (Å²) in [6.45, 7) is 15.1. The molecule has 0 heterocycles. The molecular formula is C17H29NO. The number of aryl methyl sites for hydroxylation is 1. The predicted octanol–water partition coefficient (Wildman–Crippen LogP) is 4.23. The SMILES string of the molecule is CCN(CC)CCCOc1cc(C(C)C)ccc1C. The van der Waals surface area contributed by atoms with E-state index in [-0.39, 0.29) is 0 Å². The van der Waals surface area contributed by atoms with E-state index >= 15 is 0 Å². The Hall–Kier alpha value is -1.02. The van der Waals surface area contributed by atoms with Crippen molar-refractivity contribution in [1.29, 1.82) is 0 Å². The highest BCUT2D eigenvalue weighted by molar-refractivity contribution is 5.37. The second-order valence-electron chi connectivity index (χ2n) is 5.41. The molecule has 1 aromatic rings. The fourth-order valence-electron chi connectivity index (χ4n) is 2.14. The van der Waals surface area contributed by atoms with Gasteiger partial charge in [0.2, 0.25) is 0 Å². The third kappa shape index (κ3) is 5.23. The van der Waals surface area contributed by atoms with E-state index in [0.29, 0.717) is 5.92 Å². The van der Waals surface area contributed by atoms with Crippen LogP contribution in [-0.2, 0) is 0 Å². The van der Waals surface area contributed by atoms with E-state index in [2.05, 4.69) is 57.7 Å². The Morgan fingerprint density at radius 2 is 1.84 bits per heavy atom. The first-order valence-electron chi connectivity index (χ1n) is 7.54. The van der Waals surface area contributed by atoms with Crippen LogP contribution in [0.5, 0.6) is 5.75 Å². The molecule has 0 spiro atoms. The van der Waals surface area contributed by atoms with Crippen molar-refractivity contribution < 1.29 is 4.74 Å². The van der Waals surface area contributed by atoms with Crippen LogP contribution in [0.3, 0.4) is 0 Å². The van der Waals surface area contributed by atoms with Gasteiger partial charge in [0.1, 0.15) is 5.75 Å². The highest BCUT2D eigenvalue weighted by atomic mass is 16.5. The maximum atomic E-state index is 5.94. The lowest BCUT2D eigenvalue weighted by Gasteiger charge is -2.18. The van der Waals surface area contributed by atoms with Crippen molar-refractivity contribution in [3.63, 3.8) is 0 Å². The molecule has 0 fully saturated rings. The van der Waals surface area contributed by atoms with E-state index in [9.17, 15) is 0 Å². The Kier molecular flexibility index (Phi) is 6.93. The van der Waals surface area contributed by atoms with Gasteiger partial charge in [-0.2, -0.15) is 0 Å². The monoisotopic (exact) mass is 263 g/mol. The summed E-state index contributed by atoms with van der Waals surface area (Å²) < 4.78 is 5.94. The van der Waals surface area contributed by atoms with E-state index < -0.39 is 0 Å². The van der Waals surface area contributed by atoms with Crippen LogP contribution in [0.25, 0.3) is 0 Å². The van der Waals surface area contributed by atoms with Gasteiger partial charge >= 0.3 is 0 Å². The van der Waals surface area contributed by atoms with Gasteiger partial charge in [0.25, 0.3) is 0 Å². The van der Waals surface area contributed by atoms with Gasteiger partial charge in [-0.05, 0) is 49.5 Å². The molecule has 0 atom stereocenters. The topological polar surface area (TPSA) is 12.5 Å². The summed E-state index contributed by atoms with van der Waals surface area (Å²) in [5.74, 6) is 1.60. The Morgan fingerprint density at radius 3 is 2.42 bits per heavy atom. The van der Waals surface area contributed by atoms with Gasteiger partial charge in [0.15, 0.2) is 0 Å². The van der Waals surface area contributed by atoms with Gasteiger partial charge in [-0.3, -0.25) is 0 Å². The Balaban J connectivity index is 2.46. The highest BCUT2D eigenvalue weighted by Gasteiger charge is 2.05. The maximum Gasteiger partial charge on any atom is 0.122 e. The number of hydrogen-bond acceptors (Lipinski definition) is 2. The molecule has 1 aromatic carbocycles. The van der Waals surface area contributed by atoms with E-state index in [1.807, 2.05) is 0 Å². The quantitative estimate of drug-likeness (QED) is 0.651. The first-order chi connectivity index (χ1) is 9.08. The zero-order chi connectivity index (χ0) is 14.3. The van der Waals surface area contributed by atoms with E-state index in [1.54, 1.807) is 0 Å². The summed E-state index contributed by atoms with van der Waals surface area (Å²) in [6.07, 6.45) is 1.09. The first-order valence-corrected chi connectivity index (χ1v) is 7.54. The first kappa shape index (κ1) is 16.0. The molecule has 1 rings (SSSR count). The van der Waals surface area contributed by atoms with Crippen molar-refractivity contribution in [1.82, 2.24) is 4.90 Å². The summed E-state index contributed by atoms with van der Waals surface area (Å²) in [4.78, 5) is 2.43. The van der Waals surface area contributed by atoms with E-state index in [1.165, 1.54) is 11.1 Å². The summed E-state index contributed by atoms with van der Waals surface area (Å²) in [6, 6.07) is 6.55. The van der Waals surface area contributed by atoms with Crippen molar-refractivity contribution in [2.75, 3.05) is 26.2 Å². The summed E-state index contributed by atoms with van der Waals surface area (Å²) in [5.41, 5.74) is 2.58. The van der Waals surface area contributed by atoms with Crippen LogP contribution in [-0.4, -0.2) is 31.1 Å². The smallest absolute Gasteiger partial charge is 0.122 e. The lowest BCUT2D eigenvalue weighted by Crippen LogP contribution is -2.25. The minimum Gasteiger partial charge on any atom is -0.493 e. The molecule has 0 saturated carbocycles. The van der Waals surface area contributed by atoms with Crippen molar-refractivity contribution in [3.8, 4) is 5.75 Å². The zero-order valence-electron chi connectivity index (χ0n) is 13.2. The van der Waals surface area contributed by atoms with Crippen LogP contribution >= 0.6 is 0 Å². The largest absolute Gasteiger partial charge is 0.493 e. The van der Waals surface area contributed by atoms with Crippen molar-refractivity contribution >= 4 is 0 Å². The average Bonchev–Trinajstić information content (AvgIpc) is 2.40. The minimum absolute atomic E-state index is 0.554. The summed E-state index contributed by atoms with van der Waals surface area (Å²) in [7, 11) is 0. The minimum atomic E-state index is 0.554. The molecule has 0 aliphatic rings. The Morgan fingerprint density at radius 1 is 1.16 bits per heavy atom. The van der Waals surface area contributed by atoms with Crippen LogP contribution in [0.15, 0.2) is 18.2 Å². The van der Waals surface area contributed by atoms with E-state index in [0.717, 1.165) is 38.4 Å². The molecule has 0 saturated heterocycles. The molecule has 0 aliphatic heterocycles. The van der Waals surface area contributed by atoms with Crippen molar-refractivity contribution in [2.45, 2.75) is 47.0 Å². The third-order valence-corrected chi connectivity index (χ3v) is 3.65. The summed E-state index contributed by atoms with van der Waals surface area (Å²) >= 11 is 0. The van der Waals surface area contributed by atoms with Gasteiger partial charge in [0.05, 0.1) is 6.61 Å². The lowest BCUT2D eigenvalue weighted by atomic mass is 10.0. The standard InChI is InChI=1S/C17H29NO/c1-6-18(7-2)11-8-12-19-17-13-16(14(3)4)10-9-15(17)5/h9-10,13-14H,6-8,11-12H2,1-5H3. The highest BCUT2D eigenvalue weighted by Crippen LogP contribution is 2.24. The number of benzene rings is 1. The molecule has 0 unspecified atom stereocenters. The number of hydrogen-bond donors (Lipinski definition) is 0. The number of rotatable bonds is 8. The fraction of sp³-hybridized carbons (Fsp3) is 0.647. The lowest BCUT2D eigenvalue weighted by molar-refractivity contribution is 0.248. The molecule has 0 aromatic heterocycles. The van der Waals surface area contributed by atoms with Crippen LogP contribution < -0.4 is 4.74 Å².